The van der Waals surface area contributed by atoms with Gasteiger partial charge in [-0.3, -0.25) is 15.0 Å². The number of likely N-dealkylation sites (N-methyl/N-ethyl adjacent to an activating group) is 1. The Labute approximate surface area is 141 Å². The quantitative estimate of drug-likeness (QED) is 0.617. The van der Waals surface area contributed by atoms with Crippen LogP contribution in [0, 0.1) is 10.1 Å². The Bertz CT molecular complexity index is 695. The molecule has 2 aliphatic heterocycles. The van der Waals surface area contributed by atoms with Gasteiger partial charge < -0.3 is 9.64 Å². The fraction of sp³-hybridized carbons (Fsp3) is 0.556. The van der Waals surface area contributed by atoms with Crippen molar-refractivity contribution in [2.24, 2.45) is 0 Å². The highest BCUT2D eigenvalue weighted by Crippen LogP contribution is 2.46. The maximum atomic E-state index is 11.0. The predicted octanol–water partition coefficient (Wildman–Crippen LogP) is 2.89. The SMILES string of the molecule is CN1CCN(C23CCCCC2=Cc2cc([N+](=O)[O-])ccc2O3)CC1. The highest BCUT2D eigenvalue weighted by Gasteiger charge is 2.46. The van der Waals surface area contributed by atoms with Gasteiger partial charge in [0.25, 0.3) is 5.69 Å². The molecule has 24 heavy (non-hydrogen) atoms. The maximum Gasteiger partial charge on any atom is 0.270 e. The predicted molar refractivity (Wildman–Crippen MR) is 92.0 cm³/mol. The minimum atomic E-state index is -0.345. The Kier molecular flexibility index (Phi) is 3.81. The van der Waals surface area contributed by atoms with E-state index in [-0.39, 0.29) is 16.3 Å². The second-order valence-electron chi connectivity index (χ2n) is 7.03. The third-order valence-corrected chi connectivity index (χ3v) is 5.54. The molecule has 1 atom stereocenters. The first-order chi connectivity index (χ1) is 11.6. The van der Waals surface area contributed by atoms with E-state index in [1.54, 1.807) is 12.1 Å². The molecule has 1 aromatic rings. The van der Waals surface area contributed by atoms with Crippen molar-refractivity contribution in [3.63, 3.8) is 0 Å². The van der Waals surface area contributed by atoms with Crippen LogP contribution in [0.2, 0.25) is 0 Å². The molecule has 0 N–H and O–H groups in total. The van der Waals surface area contributed by atoms with E-state index in [0.29, 0.717) is 0 Å². The third kappa shape index (κ3) is 2.50. The van der Waals surface area contributed by atoms with E-state index in [4.69, 9.17) is 4.74 Å². The van der Waals surface area contributed by atoms with Crippen molar-refractivity contribution >= 4 is 11.8 Å². The van der Waals surface area contributed by atoms with Crippen LogP contribution in [0.1, 0.15) is 31.2 Å². The average molecular weight is 329 g/mol. The van der Waals surface area contributed by atoms with E-state index >= 15 is 0 Å². The van der Waals surface area contributed by atoms with Gasteiger partial charge in [0.2, 0.25) is 0 Å². The summed E-state index contributed by atoms with van der Waals surface area (Å²) in [7, 11) is 2.16. The topological polar surface area (TPSA) is 58.9 Å². The van der Waals surface area contributed by atoms with E-state index in [2.05, 4.69) is 22.9 Å². The number of ether oxygens (including phenoxy) is 1. The van der Waals surface area contributed by atoms with Gasteiger partial charge in [-0.2, -0.15) is 0 Å². The Balaban J connectivity index is 1.72. The van der Waals surface area contributed by atoms with Crippen LogP contribution >= 0.6 is 0 Å². The van der Waals surface area contributed by atoms with Gasteiger partial charge in [-0.25, -0.2) is 0 Å². The molecule has 2 heterocycles. The molecule has 4 rings (SSSR count). The van der Waals surface area contributed by atoms with Crippen molar-refractivity contribution in [1.82, 2.24) is 9.80 Å². The summed E-state index contributed by atoms with van der Waals surface area (Å²) >= 11 is 0. The van der Waals surface area contributed by atoms with E-state index in [0.717, 1.165) is 63.2 Å². The number of fused-ring (bicyclic) bond motifs is 2. The minimum Gasteiger partial charge on any atom is -0.468 e. The first-order valence-electron chi connectivity index (χ1n) is 8.71. The van der Waals surface area contributed by atoms with E-state index < -0.39 is 0 Å². The van der Waals surface area contributed by atoms with Crippen LogP contribution in [-0.2, 0) is 0 Å². The number of rotatable bonds is 2. The summed E-state index contributed by atoms with van der Waals surface area (Å²) in [6, 6.07) is 4.93. The molecule has 3 aliphatic rings. The van der Waals surface area contributed by atoms with Crippen molar-refractivity contribution in [1.29, 1.82) is 0 Å². The molecule has 128 valence electrons. The van der Waals surface area contributed by atoms with Gasteiger partial charge in [-0.1, -0.05) is 0 Å². The molecule has 0 aromatic heterocycles. The van der Waals surface area contributed by atoms with Gasteiger partial charge in [0.15, 0.2) is 5.72 Å². The molecular weight excluding hydrogens is 306 g/mol. The lowest BCUT2D eigenvalue weighted by Crippen LogP contribution is -2.61. The first-order valence-corrected chi connectivity index (χ1v) is 8.71. The normalized spacial score (nSPS) is 27.6. The van der Waals surface area contributed by atoms with Crippen LogP contribution in [0.5, 0.6) is 5.75 Å². The van der Waals surface area contributed by atoms with Crippen LogP contribution in [0.25, 0.3) is 6.08 Å². The molecule has 1 aromatic carbocycles. The lowest BCUT2D eigenvalue weighted by molar-refractivity contribution is -0.384. The molecule has 1 saturated carbocycles. The van der Waals surface area contributed by atoms with Crippen LogP contribution in [0.3, 0.4) is 0 Å². The molecule has 1 saturated heterocycles. The number of hydrogen-bond acceptors (Lipinski definition) is 5. The van der Waals surface area contributed by atoms with Gasteiger partial charge in [0.05, 0.1) is 4.92 Å². The van der Waals surface area contributed by atoms with Gasteiger partial charge >= 0.3 is 0 Å². The zero-order chi connectivity index (χ0) is 16.7. The summed E-state index contributed by atoms with van der Waals surface area (Å²) in [5, 5.41) is 11.0. The molecule has 1 unspecified atom stereocenters. The van der Waals surface area contributed by atoms with Crippen LogP contribution in [-0.4, -0.2) is 53.7 Å². The van der Waals surface area contributed by atoms with Crippen molar-refractivity contribution in [3.8, 4) is 5.75 Å². The number of piperazine rings is 1. The Morgan fingerprint density at radius 2 is 2.00 bits per heavy atom. The highest BCUT2D eigenvalue weighted by molar-refractivity contribution is 5.67. The zero-order valence-electron chi connectivity index (χ0n) is 14.0. The van der Waals surface area contributed by atoms with Gasteiger partial charge in [-0.05, 0) is 44.0 Å². The second-order valence-corrected chi connectivity index (χ2v) is 7.03. The molecule has 0 bridgehead atoms. The molecule has 0 spiro atoms. The summed E-state index contributed by atoms with van der Waals surface area (Å²) in [6.45, 7) is 4.09. The lowest BCUT2D eigenvalue weighted by atomic mass is 9.82. The Morgan fingerprint density at radius 1 is 1.21 bits per heavy atom. The number of nitro groups is 1. The summed E-state index contributed by atoms with van der Waals surface area (Å²) in [5.74, 6) is 0.769. The lowest BCUT2D eigenvalue weighted by Gasteiger charge is -2.51. The fourth-order valence-electron chi connectivity index (χ4n) is 4.16. The number of nitrogens with zero attached hydrogens (tertiary/aromatic N) is 3. The molecule has 6 nitrogen and oxygen atoms in total. The second kappa shape index (κ2) is 5.86. The Morgan fingerprint density at radius 3 is 2.75 bits per heavy atom. The van der Waals surface area contributed by atoms with E-state index in [1.807, 2.05) is 0 Å². The van der Waals surface area contributed by atoms with E-state index in [9.17, 15) is 10.1 Å². The summed E-state index contributed by atoms with van der Waals surface area (Å²) in [4.78, 5) is 15.5. The van der Waals surface area contributed by atoms with Crippen molar-refractivity contribution in [2.75, 3.05) is 33.2 Å². The standard InChI is InChI=1S/C18H23N3O3/c1-19-8-10-20(11-9-19)18-7-3-2-4-15(18)12-14-13-16(21(22)23)5-6-17(14)24-18/h5-6,12-13H,2-4,7-11H2,1H3. The minimum absolute atomic E-state index is 0.122. The molecular formula is C18H23N3O3. The smallest absolute Gasteiger partial charge is 0.270 e. The van der Waals surface area contributed by atoms with E-state index in [1.165, 1.54) is 11.6 Å². The number of non-ortho nitro benzene ring substituents is 1. The number of hydrogen-bond donors (Lipinski definition) is 0. The molecule has 6 heteroatoms. The third-order valence-electron chi connectivity index (χ3n) is 5.54. The van der Waals surface area contributed by atoms with Crippen molar-refractivity contribution in [2.45, 2.75) is 31.4 Å². The van der Waals surface area contributed by atoms with Crippen molar-refractivity contribution < 1.29 is 9.66 Å². The molecule has 1 aliphatic carbocycles. The number of benzene rings is 1. The van der Waals surface area contributed by atoms with Gasteiger partial charge in [0, 0.05) is 50.3 Å². The molecule has 0 radical (unpaired) electrons. The highest BCUT2D eigenvalue weighted by atomic mass is 16.6. The van der Waals surface area contributed by atoms with Crippen LogP contribution < -0.4 is 4.74 Å². The fourth-order valence-corrected chi connectivity index (χ4v) is 4.16. The summed E-state index contributed by atoms with van der Waals surface area (Å²) < 4.78 is 6.55. The average Bonchev–Trinajstić information content (AvgIpc) is 2.59. The molecule has 0 amide bonds. The number of nitro benzene ring substituents is 1. The monoisotopic (exact) mass is 329 g/mol. The van der Waals surface area contributed by atoms with Crippen molar-refractivity contribution in [3.05, 3.63) is 39.4 Å². The van der Waals surface area contributed by atoms with Gasteiger partial charge in [-0.15, -0.1) is 0 Å². The summed E-state index contributed by atoms with van der Waals surface area (Å²) in [6.07, 6.45) is 6.47. The Hall–Kier alpha value is -1.92. The maximum absolute atomic E-state index is 11.0. The molecule has 2 fully saturated rings. The van der Waals surface area contributed by atoms with Gasteiger partial charge in [0.1, 0.15) is 5.75 Å². The zero-order valence-corrected chi connectivity index (χ0v) is 14.0. The largest absolute Gasteiger partial charge is 0.468 e. The summed E-state index contributed by atoms with van der Waals surface area (Å²) in [5.41, 5.74) is 1.90. The van der Waals surface area contributed by atoms with Crippen LogP contribution in [0.4, 0.5) is 5.69 Å². The van der Waals surface area contributed by atoms with Crippen LogP contribution in [0.15, 0.2) is 23.8 Å². The first kappa shape index (κ1) is 15.6.